The fourth-order valence-corrected chi connectivity index (χ4v) is 4.09. The number of benzene rings is 1. The summed E-state index contributed by atoms with van der Waals surface area (Å²) in [6, 6.07) is 7.18. The third-order valence-electron chi connectivity index (χ3n) is 6.47. The largest absolute Gasteiger partial charge is 0.416 e. The Labute approximate surface area is 219 Å². The van der Waals surface area contributed by atoms with E-state index in [1.807, 2.05) is 24.9 Å². The second-order valence-corrected chi connectivity index (χ2v) is 9.44. The van der Waals surface area contributed by atoms with Crippen LogP contribution in [0.2, 0.25) is 0 Å². The number of hydrogen-bond donors (Lipinski definition) is 2. The van der Waals surface area contributed by atoms with Gasteiger partial charge in [0.1, 0.15) is 5.82 Å². The summed E-state index contributed by atoms with van der Waals surface area (Å²) in [5.74, 6) is 5.77. The molecule has 1 aromatic carbocycles. The lowest BCUT2D eigenvalue weighted by molar-refractivity contribution is -0.138. The highest BCUT2D eigenvalue weighted by atomic mass is 19.4. The first-order valence-corrected chi connectivity index (χ1v) is 12.1. The second-order valence-electron chi connectivity index (χ2n) is 9.44. The number of nitrogens with two attached hydrogens (primary N) is 1. The number of aryl methyl sites for hydroxylation is 2. The monoisotopic (exact) mass is 522 g/mol. The number of halogens is 3. The predicted octanol–water partition coefficient (Wildman–Crippen LogP) is 4.09. The highest BCUT2D eigenvalue weighted by Crippen LogP contribution is 2.33. The number of hydrogen-bond acceptors (Lipinski definition) is 6. The zero-order valence-corrected chi connectivity index (χ0v) is 21.5. The third kappa shape index (κ3) is 6.68. The number of nitrogen functional groups attached to an aromatic ring is 1. The molecule has 198 valence electrons. The van der Waals surface area contributed by atoms with Gasteiger partial charge in [0.15, 0.2) is 0 Å². The lowest BCUT2D eigenvalue weighted by Gasteiger charge is -2.33. The SMILES string of the molecule is Cc1cc(C#Cc2cc(NC(=O)c3ccc(CN4CCN(C)CC4)c(C(F)(F)F)c3)cnc2C)cnc1N. The number of likely N-dealkylation sites (N-methyl/N-ethyl adjacent to an activating group) is 1. The number of nitrogens with zero attached hydrogens (tertiary/aromatic N) is 4. The van der Waals surface area contributed by atoms with Crippen LogP contribution in [-0.2, 0) is 12.7 Å². The van der Waals surface area contributed by atoms with Crippen LogP contribution in [0.4, 0.5) is 24.7 Å². The van der Waals surface area contributed by atoms with Gasteiger partial charge in [0.05, 0.1) is 23.1 Å². The molecule has 10 heteroatoms. The number of alkyl halides is 3. The van der Waals surface area contributed by atoms with Gasteiger partial charge >= 0.3 is 6.18 Å². The minimum Gasteiger partial charge on any atom is -0.383 e. The van der Waals surface area contributed by atoms with Crippen molar-refractivity contribution in [2.45, 2.75) is 26.6 Å². The first-order chi connectivity index (χ1) is 18.0. The summed E-state index contributed by atoms with van der Waals surface area (Å²) in [7, 11) is 1.99. The number of pyridine rings is 2. The Kier molecular flexibility index (Phi) is 7.99. The van der Waals surface area contributed by atoms with Crippen LogP contribution in [0.25, 0.3) is 0 Å². The molecule has 3 heterocycles. The van der Waals surface area contributed by atoms with Crippen molar-refractivity contribution in [3.05, 3.63) is 81.8 Å². The summed E-state index contributed by atoms with van der Waals surface area (Å²) >= 11 is 0. The van der Waals surface area contributed by atoms with Crippen molar-refractivity contribution < 1.29 is 18.0 Å². The van der Waals surface area contributed by atoms with Gasteiger partial charge in [-0.25, -0.2) is 4.98 Å². The third-order valence-corrected chi connectivity index (χ3v) is 6.47. The summed E-state index contributed by atoms with van der Waals surface area (Å²) < 4.78 is 41.7. The standard InChI is InChI=1S/C28H29F3N6O/c1-18-12-20(15-34-26(18)32)4-5-21-13-24(16-33-19(21)2)35-27(38)22-6-7-23(25(14-22)28(29,30)31)17-37-10-8-36(3)9-11-37/h6-7,12-16H,8-11,17H2,1-3H3,(H2,32,34)(H,35,38). The van der Waals surface area contributed by atoms with Crippen LogP contribution in [-0.4, -0.2) is 58.9 Å². The van der Waals surface area contributed by atoms with Crippen molar-refractivity contribution in [1.82, 2.24) is 19.8 Å². The fraction of sp³-hybridized carbons (Fsp3) is 0.321. The van der Waals surface area contributed by atoms with E-state index >= 15 is 0 Å². The van der Waals surface area contributed by atoms with Crippen LogP contribution in [0.1, 0.15) is 43.9 Å². The number of aromatic nitrogens is 2. The molecule has 0 aliphatic carbocycles. The highest BCUT2D eigenvalue weighted by molar-refractivity contribution is 6.04. The van der Waals surface area contributed by atoms with E-state index in [4.69, 9.17) is 5.73 Å². The van der Waals surface area contributed by atoms with Crippen molar-refractivity contribution in [3.8, 4) is 11.8 Å². The Morgan fingerprint density at radius 3 is 2.47 bits per heavy atom. The van der Waals surface area contributed by atoms with E-state index in [0.29, 0.717) is 41.4 Å². The smallest absolute Gasteiger partial charge is 0.383 e. The molecule has 1 amide bonds. The van der Waals surface area contributed by atoms with Crippen molar-refractivity contribution in [3.63, 3.8) is 0 Å². The Morgan fingerprint density at radius 2 is 1.79 bits per heavy atom. The van der Waals surface area contributed by atoms with Crippen LogP contribution >= 0.6 is 0 Å². The molecule has 1 aliphatic heterocycles. The van der Waals surface area contributed by atoms with Gasteiger partial charge in [0.2, 0.25) is 0 Å². The van der Waals surface area contributed by atoms with Crippen LogP contribution < -0.4 is 11.1 Å². The molecule has 0 spiro atoms. The molecular weight excluding hydrogens is 493 g/mol. The molecule has 4 rings (SSSR count). The van der Waals surface area contributed by atoms with Crippen LogP contribution in [0.5, 0.6) is 0 Å². The van der Waals surface area contributed by atoms with Crippen molar-refractivity contribution in [2.75, 3.05) is 44.3 Å². The Morgan fingerprint density at radius 1 is 1.05 bits per heavy atom. The number of piperazine rings is 1. The van der Waals surface area contributed by atoms with Crippen molar-refractivity contribution in [1.29, 1.82) is 0 Å². The average Bonchev–Trinajstić information content (AvgIpc) is 2.87. The van der Waals surface area contributed by atoms with E-state index < -0.39 is 17.6 Å². The van der Waals surface area contributed by atoms with E-state index in [-0.39, 0.29) is 17.7 Å². The van der Waals surface area contributed by atoms with Gasteiger partial charge in [-0.05, 0) is 56.3 Å². The lowest BCUT2D eigenvalue weighted by atomic mass is 10.0. The molecule has 0 atom stereocenters. The van der Waals surface area contributed by atoms with E-state index in [1.165, 1.54) is 18.3 Å². The zero-order chi connectivity index (χ0) is 27.4. The number of amides is 1. The molecule has 7 nitrogen and oxygen atoms in total. The second kappa shape index (κ2) is 11.2. The highest BCUT2D eigenvalue weighted by Gasteiger charge is 2.34. The minimum absolute atomic E-state index is 0.0870. The normalized spacial score (nSPS) is 14.6. The molecule has 0 unspecified atom stereocenters. The summed E-state index contributed by atoms with van der Waals surface area (Å²) in [5.41, 5.74) is 8.02. The molecule has 1 saturated heterocycles. The van der Waals surface area contributed by atoms with Gasteiger partial charge in [-0.3, -0.25) is 14.7 Å². The molecule has 0 radical (unpaired) electrons. The molecule has 3 aromatic rings. The maximum atomic E-state index is 13.9. The fourth-order valence-electron chi connectivity index (χ4n) is 4.09. The number of nitrogens with one attached hydrogen (secondary N) is 1. The van der Waals surface area contributed by atoms with E-state index in [0.717, 1.165) is 24.7 Å². The molecule has 1 aliphatic rings. The molecule has 0 bridgehead atoms. The van der Waals surface area contributed by atoms with Crippen LogP contribution in [0.15, 0.2) is 42.7 Å². The van der Waals surface area contributed by atoms with Gasteiger partial charge in [-0.1, -0.05) is 17.9 Å². The molecule has 3 N–H and O–H groups in total. The topological polar surface area (TPSA) is 87.4 Å². The number of carbonyl (C=O) groups excluding carboxylic acids is 1. The predicted molar refractivity (Wildman–Crippen MR) is 141 cm³/mol. The Hall–Kier alpha value is -3.94. The van der Waals surface area contributed by atoms with E-state index in [9.17, 15) is 18.0 Å². The number of rotatable bonds is 4. The minimum atomic E-state index is -4.58. The van der Waals surface area contributed by atoms with Gasteiger partial charge < -0.3 is 16.0 Å². The van der Waals surface area contributed by atoms with Crippen molar-refractivity contribution in [2.24, 2.45) is 0 Å². The van der Waals surface area contributed by atoms with Crippen LogP contribution in [0, 0.1) is 25.7 Å². The summed E-state index contributed by atoms with van der Waals surface area (Å²) in [6.07, 6.45) is -1.57. The molecule has 1 fully saturated rings. The van der Waals surface area contributed by atoms with Gasteiger partial charge in [-0.2, -0.15) is 13.2 Å². The molecule has 38 heavy (non-hydrogen) atoms. The average molecular weight is 523 g/mol. The molecule has 2 aromatic heterocycles. The number of carbonyl (C=O) groups is 1. The number of anilines is 2. The molecule has 0 saturated carbocycles. The van der Waals surface area contributed by atoms with E-state index in [1.54, 1.807) is 19.2 Å². The maximum Gasteiger partial charge on any atom is 0.416 e. The quantitative estimate of drug-likeness (QED) is 0.502. The molecular formula is C28H29F3N6O. The Bertz CT molecular complexity index is 1400. The zero-order valence-electron chi connectivity index (χ0n) is 21.5. The first kappa shape index (κ1) is 27.1. The maximum absolute atomic E-state index is 13.9. The van der Waals surface area contributed by atoms with Gasteiger partial charge in [0, 0.05) is 55.6 Å². The van der Waals surface area contributed by atoms with Gasteiger partial charge in [-0.15, -0.1) is 0 Å². The summed E-state index contributed by atoms with van der Waals surface area (Å²) in [4.78, 5) is 25.4. The Balaban J connectivity index is 1.53. The van der Waals surface area contributed by atoms with Crippen molar-refractivity contribution >= 4 is 17.4 Å². The van der Waals surface area contributed by atoms with Gasteiger partial charge in [0.25, 0.3) is 5.91 Å². The summed E-state index contributed by atoms with van der Waals surface area (Å²) in [6.45, 7) is 6.77. The summed E-state index contributed by atoms with van der Waals surface area (Å²) in [5, 5.41) is 2.64. The van der Waals surface area contributed by atoms with Crippen LogP contribution in [0.3, 0.4) is 0 Å². The van der Waals surface area contributed by atoms with E-state index in [2.05, 4.69) is 32.0 Å². The first-order valence-electron chi connectivity index (χ1n) is 12.1. The lowest BCUT2D eigenvalue weighted by Crippen LogP contribution is -2.44.